The Hall–Kier alpha value is -3.59. The first-order valence-corrected chi connectivity index (χ1v) is 11.2. The van der Waals surface area contributed by atoms with E-state index in [1.54, 1.807) is 42.2 Å². The highest BCUT2D eigenvalue weighted by Gasteiger charge is 2.23. The number of halogens is 1. The van der Waals surface area contributed by atoms with Gasteiger partial charge in [-0.1, -0.05) is 6.92 Å². The molecule has 5 rings (SSSR count). The quantitative estimate of drug-likeness (QED) is 0.487. The molecule has 0 bridgehead atoms. The number of carbonyl (C=O) groups excluding carboxylic acids is 1. The van der Waals surface area contributed by atoms with Crippen LogP contribution in [0.3, 0.4) is 0 Å². The molecule has 4 heterocycles. The van der Waals surface area contributed by atoms with Gasteiger partial charge in [0.05, 0.1) is 22.6 Å². The molecule has 33 heavy (non-hydrogen) atoms. The van der Waals surface area contributed by atoms with Gasteiger partial charge in [-0.3, -0.25) is 14.8 Å². The number of hydrogen-bond donors (Lipinski definition) is 2. The van der Waals surface area contributed by atoms with E-state index in [1.807, 2.05) is 6.07 Å². The van der Waals surface area contributed by atoms with E-state index in [2.05, 4.69) is 37.4 Å². The van der Waals surface area contributed by atoms with E-state index < -0.39 is 5.82 Å². The molecule has 1 saturated heterocycles. The standard InChI is InChI=1S/C24H26FN7O/c1-3-26-16-6-10-31(11-7-16)20-5-4-18(21-22(20)28-9-8-27-21)24(33)30-17-12-19(25)23-29-15(2)13-32(23)14-17/h4-5,8-9,12-14,16,26H,3,6-7,10-11H2,1-2H3,(H,30,33). The fraction of sp³-hybridized carbons (Fsp3) is 0.333. The van der Waals surface area contributed by atoms with E-state index in [-0.39, 0.29) is 11.6 Å². The molecule has 8 nitrogen and oxygen atoms in total. The van der Waals surface area contributed by atoms with Gasteiger partial charge in [0.1, 0.15) is 11.0 Å². The van der Waals surface area contributed by atoms with Gasteiger partial charge < -0.3 is 19.9 Å². The van der Waals surface area contributed by atoms with Crippen molar-refractivity contribution in [1.82, 2.24) is 24.7 Å². The van der Waals surface area contributed by atoms with Crippen molar-refractivity contribution >= 4 is 34.0 Å². The molecule has 1 aliphatic heterocycles. The smallest absolute Gasteiger partial charge is 0.257 e. The Labute approximate surface area is 190 Å². The minimum absolute atomic E-state index is 0.226. The van der Waals surface area contributed by atoms with Gasteiger partial charge in [-0.05, 0) is 38.4 Å². The lowest BCUT2D eigenvalue weighted by Crippen LogP contribution is -2.42. The van der Waals surface area contributed by atoms with Crippen LogP contribution in [0.4, 0.5) is 15.8 Å². The molecule has 0 atom stereocenters. The van der Waals surface area contributed by atoms with Gasteiger partial charge in [-0.15, -0.1) is 0 Å². The van der Waals surface area contributed by atoms with Crippen LogP contribution in [0.25, 0.3) is 16.7 Å². The number of nitrogens with one attached hydrogen (secondary N) is 2. The number of benzene rings is 1. The number of pyridine rings is 1. The summed E-state index contributed by atoms with van der Waals surface area (Å²) in [6, 6.07) is 5.51. The number of amides is 1. The van der Waals surface area contributed by atoms with Gasteiger partial charge >= 0.3 is 0 Å². The molecule has 1 aliphatic rings. The van der Waals surface area contributed by atoms with Gasteiger partial charge in [-0.2, -0.15) is 0 Å². The molecule has 0 aliphatic carbocycles. The highest BCUT2D eigenvalue weighted by atomic mass is 19.1. The maximum atomic E-state index is 14.4. The fourth-order valence-corrected chi connectivity index (χ4v) is 4.54. The van der Waals surface area contributed by atoms with Crippen molar-refractivity contribution in [2.45, 2.75) is 32.7 Å². The minimum Gasteiger partial charge on any atom is -0.370 e. The lowest BCUT2D eigenvalue weighted by atomic mass is 10.0. The number of fused-ring (bicyclic) bond motifs is 2. The van der Waals surface area contributed by atoms with Gasteiger partial charge in [0.2, 0.25) is 0 Å². The second-order valence-corrected chi connectivity index (χ2v) is 8.35. The third-order valence-corrected chi connectivity index (χ3v) is 6.06. The second-order valence-electron chi connectivity index (χ2n) is 8.35. The summed E-state index contributed by atoms with van der Waals surface area (Å²) in [5.41, 5.74) is 3.86. The number of rotatable bonds is 5. The van der Waals surface area contributed by atoms with Crippen molar-refractivity contribution in [3.8, 4) is 0 Å². The number of aromatic nitrogens is 4. The molecular formula is C24H26FN7O. The topological polar surface area (TPSA) is 87.5 Å². The number of nitrogens with zero attached hydrogens (tertiary/aromatic N) is 5. The molecule has 9 heteroatoms. The summed E-state index contributed by atoms with van der Waals surface area (Å²) in [4.78, 5) is 28.6. The molecule has 3 aromatic heterocycles. The maximum absolute atomic E-state index is 14.4. The summed E-state index contributed by atoms with van der Waals surface area (Å²) in [5, 5.41) is 6.31. The van der Waals surface area contributed by atoms with Crippen molar-refractivity contribution in [2.75, 3.05) is 29.9 Å². The summed E-state index contributed by atoms with van der Waals surface area (Å²) in [5.74, 6) is -0.865. The summed E-state index contributed by atoms with van der Waals surface area (Å²) >= 11 is 0. The van der Waals surface area contributed by atoms with E-state index in [9.17, 15) is 9.18 Å². The van der Waals surface area contributed by atoms with Crippen LogP contribution in [-0.4, -0.2) is 50.9 Å². The van der Waals surface area contributed by atoms with Crippen molar-refractivity contribution < 1.29 is 9.18 Å². The molecular weight excluding hydrogens is 421 g/mol. The Balaban J connectivity index is 1.43. The second kappa shape index (κ2) is 8.74. The van der Waals surface area contributed by atoms with E-state index in [1.165, 1.54) is 6.07 Å². The van der Waals surface area contributed by atoms with Crippen molar-refractivity contribution in [3.63, 3.8) is 0 Å². The molecule has 0 spiro atoms. The van der Waals surface area contributed by atoms with Crippen molar-refractivity contribution in [1.29, 1.82) is 0 Å². The number of aryl methyl sites for hydroxylation is 1. The van der Waals surface area contributed by atoms with Crippen molar-refractivity contribution in [2.24, 2.45) is 0 Å². The lowest BCUT2D eigenvalue weighted by molar-refractivity contribution is 0.102. The van der Waals surface area contributed by atoms with E-state index >= 15 is 0 Å². The van der Waals surface area contributed by atoms with Gasteiger partial charge in [0, 0.05) is 50.0 Å². The van der Waals surface area contributed by atoms with Gasteiger partial charge in [0.25, 0.3) is 5.91 Å². The zero-order valence-electron chi connectivity index (χ0n) is 18.7. The van der Waals surface area contributed by atoms with E-state index in [0.29, 0.717) is 34.0 Å². The fourth-order valence-electron chi connectivity index (χ4n) is 4.54. The molecule has 170 valence electrons. The van der Waals surface area contributed by atoms with Crippen LogP contribution in [0.15, 0.2) is 43.0 Å². The summed E-state index contributed by atoms with van der Waals surface area (Å²) in [6.07, 6.45) is 8.69. The van der Waals surface area contributed by atoms with Crippen LogP contribution < -0.4 is 15.5 Å². The predicted molar refractivity (Wildman–Crippen MR) is 126 cm³/mol. The predicted octanol–water partition coefficient (Wildman–Crippen LogP) is 3.56. The molecule has 0 saturated carbocycles. The van der Waals surface area contributed by atoms with Crippen LogP contribution in [0.1, 0.15) is 35.8 Å². The van der Waals surface area contributed by atoms with E-state index in [4.69, 9.17) is 0 Å². The van der Waals surface area contributed by atoms with Crippen LogP contribution in [-0.2, 0) is 0 Å². The van der Waals surface area contributed by atoms with Crippen LogP contribution >= 0.6 is 0 Å². The molecule has 4 aromatic rings. The Bertz CT molecular complexity index is 1330. The van der Waals surface area contributed by atoms with Gasteiger partial charge in [0.15, 0.2) is 11.5 Å². The third-order valence-electron chi connectivity index (χ3n) is 6.06. The Kier molecular flexibility index (Phi) is 5.63. The number of piperidine rings is 1. The van der Waals surface area contributed by atoms with E-state index in [0.717, 1.165) is 38.2 Å². The Morgan fingerprint density at radius 2 is 1.91 bits per heavy atom. The van der Waals surface area contributed by atoms with Crippen LogP contribution in [0.5, 0.6) is 0 Å². The summed E-state index contributed by atoms with van der Waals surface area (Å²) in [7, 11) is 0. The summed E-state index contributed by atoms with van der Waals surface area (Å²) in [6.45, 7) is 6.72. The zero-order chi connectivity index (χ0) is 22.9. The average molecular weight is 448 g/mol. The molecule has 2 N–H and O–H groups in total. The molecule has 1 amide bonds. The normalized spacial score (nSPS) is 14.8. The summed E-state index contributed by atoms with van der Waals surface area (Å²) < 4.78 is 16.0. The lowest BCUT2D eigenvalue weighted by Gasteiger charge is -2.34. The minimum atomic E-state index is -0.498. The highest BCUT2D eigenvalue weighted by molar-refractivity contribution is 6.13. The van der Waals surface area contributed by atoms with Crippen LogP contribution in [0, 0.1) is 12.7 Å². The first kappa shape index (κ1) is 21.3. The largest absolute Gasteiger partial charge is 0.370 e. The molecule has 1 fully saturated rings. The number of anilines is 2. The van der Waals surface area contributed by atoms with Crippen LogP contribution in [0.2, 0.25) is 0 Å². The third kappa shape index (κ3) is 4.11. The Morgan fingerprint density at radius 1 is 1.15 bits per heavy atom. The monoisotopic (exact) mass is 447 g/mol. The van der Waals surface area contributed by atoms with Gasteiger partial charge in [-0.25, -0.2) is 9.37 Å². The molecule has 1 aromatic carbocycles. The maximum Gasteiger partial charge on any atom is 0.257 e. The Morgan fingerprint density at radius 3 is 2.67 bits per heavy atom. The highest BCUT2D eigenvalue weighted by Crippen LogP contribution is 2.29. The average Bonchev–Trinajstić information content (AvgIpc) is 3.20. The first-order chi connectivity index (χ1) is 16.0. The number of imidazole rings is 1. The SMILES string of the molecule is CCNC1CCN(c2ccc(C(=O)Nc3cc(F)c4nc(C)cn4c3)c3nccnc23)CC1. The van der Waals surface area contributed by atoms with Crippen molar-refractivity contribution in [3.05, 3.63) is 60.1 Å². The number of carbonyl (C=O) groups is 1. The number of hydrogen-bond acceptors (Lipinski definition) is 6. The first-order valence-electron chi connectivity index (χ1n) is 11.2. The molecule has 0 unspecified atom stereocenters. The zero-order valence-corrected chi connectivity index (χ0v) is 18.7. The molecule has 0 radical (unpaired) electrons.